The Morgan fingerprint density at radius 1 is 1.14 bits per heavy atom. The number of aliphatic hydroxyl groups is 1. The van der Waals surface area contributed by atoms with E-state index in [2.05, 4.69) is 5.32 Å². The molecule has 4 aliphatic rings. The molecule has 0 aliphatic heterocycles. The smallest absolute Gasteiger partial charge is 0.306 e. The van der Waals surface area contributed by atoms with E-state index >= 15 is 0 Å². The van der Waals surface area contributed by atoms with Gasteiger partial charge < -0.3 is 15.2 Å². The predicted octanol–water partition coefficient (Wildman–Crippen LogP) is 3.26. The van der Waals surface area contributed by atoms with Crippen LogP contribution in [0.3, 0.4) is 0 Å². The first-order chi connectivity index (χ1) is 13.3. The number of nitrogens with one attached hydrogen (secondary N) is 1. The summed E-state index contributed by atoms with van der Waals surface area (Å²) in [5.74, 6) is 0.468. The quantitative estimate of drug-likeness (QED) is 0.683. The second-order valence-electron chi connectivity index (χ2n) is 9.25. The highest BCUT2D eigenvalue weighted by Gasteiger charge is 2.57. The molecule has 152 valence electrons. The molecule has 4 bridgehead atoms. The zero-order chi connectivity index (χ0) is 19.8. The summed E-state index contributed by atoms with van der Waals surface area (Å²) in [6.45, 7) is 0.241. The molecule has 1 aromatic rings. The van der Waals surface area contributed by atoms with Crippen LogP contribution >= 0.6 is 11.6 Å². The number of halogens is 1. The van der Waals surface area contributed by atoms with Crippen molar-refractivity contribution in [3.8, 4) is 0 Å². The molecule has 1 amide bonds. The van der Waals surface area contributed by atoms with Gasteiger partial charge in [-0.2, -0.15) is 0 Å². The fourth-order valence-corrected chi connectivity index (χ4v) is 6.29. The number of benzene rings is 1. The summed E-state index contributed by atoms with van der Waals surface area (Å²) in [4.78, 5) is 24.3. The van der Waals surface area contributed by atoms with Crippen molar-refractivity contribution in [2.24, 2.45) is 17.3 Å². The Morgan fingerprint density at radius 2 is 1.82 bits per heavy atom. The minimum Gasteiger partial charge on any atom is -0.456 e. The first-order valence-corrected chi connectivity index (χ1v) is 10.6. The molecule has 2 unspecified atom stereocenters. The summed E-state index contributed by atoms with van der Waals surface area (Å²) < 4.78 is 5.24. The van der Waals surface area contributed by atoms with Crippen molar-refractivity contribution < 1.29 is 19.4 Å². The van der Waals surface area contributed by atoms with E-state index < -0.39 is 5.60 Å². The van der Waals surface area contributed by atoms with Crippen LogP contribution in [0, 0.1) is 17.3 Å². The third kappa shape index (κ3) is 4.52. The Labute approximate surface area is 170 Å². The van der Waals surface area contributed by atoms with Gasteiger partial charge in [-0.05, 0) is 79.9 Å². The molecule has 4 aliphatic carbocycles. The number of hydrogen-bond donors (Lipinski definition) is 2. The highest BCUT2D eigenvalue weighted by molar-refractivity contribution is 6.30. The summed E-state index contributed by atoms with van der Waals surface area (Å²) in [6.07, 6.45) is 6.70. The van der Waals surface area contributed by atoms with Gasteiger partial charge >= 0.3 is 5.97 Å². The SMILES string of the molecule is O=C(COC(=O)CC12C[C@@H]3C[C@@H](CC(O)(C3)C1)C2)NCCc1ccc(Cl)cc1. The fraction of sp³-hybridized carbons (Fsp3) is 0.636. The van der Waals surface area contributed by atoms with E-state index in [-0.39, 0.29) is 23.9 Å². The van der Waals surface area contributed by atoms with Gasteiger partial charge in [0.2, 0.25) is 0 Å². The van der Waals surface area contributed by atoms with Crippen LogP contribution in [0.5, 0.6) is 0 Å². The maximum Gasteiger partial charge on any atom is 0.306 e. The molecule has 2 N–H and O–H groups in total. The summed E-state index contributed by atoms with van der Waals surface area (Å²) in [5, 5.41) is 14.2. The third-order valence-corrected chi connectivity index (χ3v) is 6.94. The lowest BCUT2D eigenvalue weighted by atomic mass is 9.47. The van der Waals surface area contributed by atoms with Gasteiger partial charge in [0.05, 0.1) is 12.0 Å². The van der Waals surface area contributed by atoms with Crippen LogP contribution in [-0.2, 0) is 20.7 Å². The van der Waals surface area contributed by atoms with E-state index in [0.717, 1.165) is 31.2 Å². The van der Waals surface area contributed by atoms with Crippen molar-refractivity contribution in [2.75, 3.05) is 13.2 Å². The van der Waals surface area contributed by atoms with E-state index in [1.807, 2.05) is 24.3 Å². The molecule has 0 radical (unpaired) electrons. The van der Waals surface area contributed by atoms with Crippen LogP contribution < -0.4 is 5.32 Å². The van der Waals surface area contributed by atoms with Crippen LogP contribution in [0.2, 0.25) is 5.02 Å². The maximum atomic E-state index is 12.4. The van der Waals surface area contributed by atoms with Gasteiger partial charge in [0, 0.05) is 11.6 Å². The van der Waals surface area contributed by atoms with Gasteiger partial charge in [-0.3, -0.25) is 9.59 Å². The van der Waals surface area contributed by atoms with Crippen molar-refractivity contribution in [1.29, 1.82) is 0 Å². The Kier molecular flexibility index (Phi) is 5.41. The summed E-state index contributed by atoms with van der Waals surface area (Å²) in [5.41, 5.74) is 0.381. The van der Waals surface area contributed by atoms with Crippen LogP contribution in [0.1, 0.15) is 50.5 Å². The minimum atomic E-state index is -0.580. The highest BCUT2D eigenvalue weighted by Crippen LogP contribution is 2.62. The van der Waals surface area contributed by atoms with Gasteiger partial charge in [-0.25, -0.2) is 0 Å². The van der Waals surface area contributed by atoms with E-state index in [1.54, 1.807) is 0 Å². The standard InChI is InChI=1S/C22H28ClNO4/c23-18-3-1-15(2-4-18)5-6-24-19(25)13-28-20(26)12-21-8-16-7-17(9-21)11-22(27,10-16)14-21/h1-4,16-17,27H,5-14H2,(H,24,25)/t16-,17+,21?,22?. The molecule has 5 rings (SSSR count). The third-order valence-electron chi connectivity index (χ3n) is 6.68. The Hall–Kier alpha value is -1.59. The molecular formula is C22H28ClNO4. The van der Waals surface area contributed by atoms with Gasteiger partial charge in [0.15, 0.2) is 6.61 Å². The number of esters is 1. The van der Waals surface area contributed by atoms with Crippen molar-refractivity contribution in [1.82, 2.24) is 5.32 Å². The second-order valence-corrected chi connectivity index (χ2v) is 9.69. The molecule has 6 heteroatoms. The Balaban J connectivity index is 1.19. The van der Waals surface area contributed by atoms with Gasteiger partial charge in [0.1, 0.15) is 0 Å². The van der Waals surface area contributed by atoms with Crippen molar-refractivity contribution >= 4 is 23.5 Å². The summed E-state index contributed by atoms with van der Waals surface area (Å²) >= 11 is 5.85. The molecule has 28 heavy (non-hydrogen) atoms. The molecule has 0 spiro atoms. The summed E-state index contributed by atoms with van der Waals surface area (Å²) in [7, 11) is 0. The fourth-order valence-electron chi connectivity index (χ4n) is 6.16. The topological polar surface area (TPSA) is 75.6 Å². The Bertz CT molecular complexity index is 733. The lowest BCUT2D eigenvalue weighted by Crippen LogP contribution is -2.56. The van der Waals surface area contributed by atoms with Crippen LogP contribution in [0.15, 0.2) is 24.3 Å². The van der Waals surface area contributed by atoms with E-state index in [1.165, 1.54) is 6.42 Å². The molecule has 4 fully saturated rings. The molecule has 4 saturated carbocycles. The Morgan fingerprint density at radius 3 is 2.46 bits per heavy atom. The molecule has 1 aromatic carbocycles. The molecular weight excluding hydrogens is 378 g/mol. The number of carbonyl (C=O) groups excluding carboxylic acids is 2. The number of rotatable bonds is 7. The average molecular weight is 406 g/mol. The molecule has 0 aromatic heterocycles. The van der Waals surface area contributed by atoms with Crippen molar-refractivity contribution in [2.45, 2.75) is 57.0 Å². The summed E-state index contributed by atoms with van der Waals surface area (Å²) in [6, 6.07) is 7.49. The van der Waals surface area contributed by atoms with Crippen molar-refractivity contribution in [3.63, 3.8) is 0 Å². The number of hydrogen-bond acceptors (Lipinski definition) is 4. The first kappa shape index (κ1) is 19.7. The minimum absolute atomic E-state index is 0.124. The van der Waals surface area contributed by atoms with E-state index in [0.29, 0.717) is 42.7 Å². The van der Waals surface area contributed by atoms with Crippen LogP contribution in [-0.4, -0.2) is 35.7 Å². The lowest BCUT2D eigenvalue weighted by Gasteiger charge is -2.60. The normalized spacial score (nSPS) is 32.9. The number of amides is 1. The van der Waals surface area contributed by atoms with Gasteiger partial charge in [0.25, 0.3) is 5.91 Å². The largest absolute Gasteiger partial charge is 0.456 e. The molecule has 5 nitrogen and oxygen atoms in total. The van der Waals surface area contributed by atoms with Gasteiger partial charge in [-0.15, -0.1) is 0 Å². The van der Waals surface area contributed by atoms with E-state index in [9.17, 15) is 14.7 Å². The monoisotopic (exact) mass is 405 g/mol. The maximum absolute atomic E-state index is 12.4. The zero-order valence-electron chi connectivity index (χ0n) is 16.1. The van der Waals surface area contributed by atoms with Crippen LogP contribution in [0.4, 0.5) is 0 Å². The van der Waals surface area contributed by atoms with Crippen molar-refractivity contribution in [3.05, 3.63) is 34.9 Å². The first-order valence-electron chi connectivity index (χ1n) is 10.2. The van der Waals surface area contributed by atoms with Crippen LogP contribution in [0.25, 0.3) is 0 Å². The van der Waals surface area contributed by atoms with E-state index in [4.69, 9.17) is 16.3 Å². The lowest BCUT2D eigenvalue weighted by molar-refractivity contribution is -0.177. The predicted molar refractivity (Wildman–Crippen MR) is 106 cm³/mol. The second kappa shape index (κ2) is 7.68. The van der Waals surface area contributed by atoms with Gasteiger partial charge in [-0.1, -0.05) is 23.7 Å². The number of ether oxygens (including phenoxy) is 1. The molecule has 0 saturated heterocycles. The molecule has 0 heterocycles. The average Bonchev–Trinajstić information content (AvgIpc) is 2.59. The number of carbonyl (C=O) groups is 2. The highest BCUT2D eigenvalue weighted by atomic mass is 35.5. The zero-order valence-corrected chi connectivity index (χ0v) is 16.8. The molecule has 4 atom stereocenters.